The third-order valence-corrected chi connectivity index (χ3v) is 3.21. The van der Waals surface area contributed by atoms with Gasteiger partial charge in [-0.1, -0.05) is 12.2 Å². The molecule has 5 N–H and O–H groups in total. The number of aromatic nitrogens is 2. The molecule has 0 aromatic carbocycles. The maximum Gasteiger partial charge on any atom is 0.137 e. The first-order valence-corrected chi connectivity index (χ1v) is 5.55. The van der Waals surface area contributed by atoms with Crippen molar-refractivity contribution in [2.45, 2.75) is 12.0 Å². The molecule has 0 fully saturated rings. The Kier molecular flexibility index (Phi) is 2.06. The molecule has 0 saturated heterocycles. The van der Waals surface area contributed by atoms with Gasteiger partial charge < -0.3 is 16.5 Å². The van der Waals surface area contributed by atoms with Gasteiger partial charge in [-0.3, -0.25) is 0 Å². The number of allylic oxidation sites excluding steroid dienone is 1. The second-order valence-electron chi connectivity index (χ2n) is 4.38. The van der Waals surface area contributed by atoms with Crippen LogP contribution in [0.3, 0.4) is 0 Å². The third-order valence-electron chi connectivity index (χ3n) is 3.21. The van der Waals surface area contributed by atoms with Crippen LogP contribution in [0.4, 0.5) is 0 Å². The number of nitrogens with two attached hydrogens (primary N) is 2. The molecule has 86 valence electrons. The molecule has 0 saturated carbocycles. The van der Waals surface area contributed by atoms with E-state index >= 15 is 0 Å². The van der Waals surface area contributed by atoms with Crippen molar-refractivity contribution in [2.24, 2.45) is 11.5 Å². The molecule has 0 spiro atoms. The van der Waals surface area contributed by atoms with E-state index in [4.69, 9.17) is 11.5 Å². The number of nitrogens with one attached hydrogen (secondary N) is 1. The summed E-state index contributed by atoms with van der Waals surface area (Å²) in [5.74, 6) is 0. The summed E-state index contributed by atoms with van der Waals surface area (Å²) in [4.78, 5) is 7.36. The van der Waals surface area contributed by atoms with Crippen LogP contribution in [0.2, 0.25) is 0 Å². The second kappa shape index (κ2) is 3.46. The minimum Gasteiger partial charge on any atom is -0.399 e. The summed E-state index contributed by atoms with van der Waals surface area (Å²) in [6, 6.07) is 3.97. The maximum absolute atomic E-state index is 6.44. The third kappa shape index (κ3) is 1.54. The van der Waals surface area contributed by atoms with E-state index in [1.165, 1.54) is 0 Å². The molecule has 17 heavy (non-hydrogen) atoms. The van der Waals surface area contributed by atoms with E-state index in [9.17, 15) is 0 Å². The van der Waals surface area contributed by atoms with Gasteiger partial charge in [0, 0.05) is 23.5 Å². The van der Waals surface area contributed by atoms with E-state index in [2.05, 4.69) is 9.97 Å². The summed E-state index contributed by atoms with van der Waals surface area (Å²) < 4.78 is 0. The van der Waals surface area contributed by atoms with Crippen LogP contribution in [0, 0.1) is 0 Å². The molecule has 1 aliphatic rings. The fraction of sp³-hybridized carbons (Fsp3) is 0.154. The summed E-state index contributed by atoms with van der Waals surface area (Å²) in [5, 5.41) is 1.06. The first-order valence-electron chi connectivity index (χ1n) is 5.55. The van der Waals surface area contributed by atoms with E-state index in [1.54, 1.807) is 6.20 Å². The van der Waals surface area contributed by atoms with Crippen molar-refractivity contribution >= 4 is 11.0 Å². The average Bonchev–Trinajstić information content (AvgIpc) is 2.81. The first kappa shape index (κ1) is 10.1. The van der Waals surface area contributed by atoms with E-state index < -0.39 is 5.54 Å². The van der Waals surface area contributed by atoms with Crippen LogP contribution >= 0.6 is 0 Å². The Labute approximate surface area is 99.0 Å². The van der Waals surface area contributed by atoms with Gasteiger partial charge in [0.25, 0.3) is 0 Å². The fourth-order valence-electron chi connectivity index (χ4n) is 2.23. The number of pyridine rings is 1. The van der Waals surface area contributed by atoms with Crippen LogP contribution < -0.4 is 11.5 Å². The van der Waals surface area contributed by atoms with Crippen molar-refractivity contribution in [3.05, 3.63) is 54.0 Å². The molecule has 1 aliphatic carbocycles. The second-order valence-corrected chi connectivity index (χ2v) is 4.38. The highest BCUT2D eigenvalue weighted by Crippen LogP contribution is 2.32. The summed E-state index contributed by atoms with van der Waals surface area (Å²) in [7, 11) is 0. The SMILES string of the molecule is NC1=CCC(N)(c2ccnc3[nH]ccc23)C=C1. The number of aromatic amines is 1. The van der Waals surface area contributed by atoms with Gasteiger partial charge in [-0.25, -0.2) is 4.98 Å². The normalized spacial score (nSPS) is 23.9. The summed E-state index contributed by atoms with van der Waals surface area (Å²) in [5.41, 5.74) is 14.4. The first-order chi connectivity index (χ1) is 8.19. The minimum atomic E-state index is -0.494. The van der Waals surface area contributed by atoms with Crippen molar-refractivity contribution in [2.75, 3.05) is 0 Å². The lowest BCUT2D eigenvalue weighted by molar-refractivity contribution is 0.566. The molecule has 0 radical (unpaired) electrons. The zero-order chi connectivity index (χ0) is 11.9. The Morgan fingerprint density at radius 1 is 1.35 bits per heavy atom. The van der Waals surface area contributed by atoms with E-state index in [0.29, 0.717) is 6.42 Å². The van der Waals surface area contributed by atoms with Gasteiger partial charge in [0.1, 0.15) is 5.65 Å². The lowest BCUT2D eigenvalue weighted by Gasteiger charge is -2.28. The average molecular weight is 226 g/mol. The molecular weight excluding hydrogens is 212 g/mol. The minimum absolute atomic E-state index is 0.494. The Hall–Kier alpha value is -2.07. The van der Waals surface area contributed by atoms with Crippen LogP contribution in [0.15, 0.2) is 48.5 Å². The van der Waals surface area contributed by atoms with Gasteiger partial charge in [-0.15, -0.1) is 0 Å². The molecule has 0 aliphatic heterocycles. The zero-order valence-electron chi connectivity index (χ0n) is 9.35. The number of nitrogens with zero attached hydrogens (tertiary/aromatic N) is 1. The van der Waals surface area contributed by atoms with Crippen molar-refractivity contribution in [1.29, 1.82) is 0 Å². The Morgan fingerprint density at radius 2 is 2.24 bits per heavy atom. The van der Waals surface area contributed by atoms with E-state index in [0.717, 1.165) is 22.3 Å². The van der Waals surface area contributed by atoms with Gasteiger partial charge in [0.15, 0.2) is 0 Å². The molecular formula is C13H14N4. The molecule has 1 atom stereocenters. The molecule has 4 heteroatoms. The molecule has 2 aromatic heterocycles. The number of rotatable bonds is 1. The van der Waals surface area contributed by atoms with Gasteiger partial charge in [0.2, 0.25) is 0 Å². The molecule has 0 amide bonds. The van der Waals surface area contributed by atoms with E-state index in [1.807, 2.05) is 36.6 Å². The zero-order valence-corrected chi connectivity index (χ0v) is 9.35. The predicted octanol–water partition coefficient (Wildman–Crippen LogP) is 1.52. The Balaban J connectivity index is 2.16. The fourth-order valence-corrected chi connectivity index (χ4v) is 2.23. The largest absolute Gasteiger partial charge is 0.399 e. The highest BCUT2D eigenvalue weighted by Gasteiger charge is 2.27. The standard InChI is InChI=1S/C13H14N4/c14-9-1-5-13(15,6-2-9)11-4-8-17-12-10(11)3-7-16-12/h1-5,7-8H,6,14-15H2,(H,16,17). The maximum atomic E-state index is 6.44. The van der Waals surface area contributed by atoms with Crippen LogP contribution in [0.5, 0.6) is 0 Å². The predicted molar refractivity (Wildman–Crippen MR) is 68.0 cm³/mol. The van der Waals surface area contributed by atoms with Crippen LogP contribution in [-0.4, -0.2) is 9.97 Å². The van der Waals surface area contributed by atoms with E-state index in [-0.39, 0.29) is 0 Å². The van der Waals surface area contributed by atoms with Crippen molar-refractivity contribution < 1.29 is 0 Å². The van der Waals surface area contributed by atoms with Crippen LogP contribution in [0.25, 0.3) is 11.0 Å². The molecule has 1 unspecified atom stereocenters. The van der Waals surface area contributed by atoms with Crippen LogP contribution in [-0.2, 0) is 5.54 Å². The monoisotopic (exact) mass is 226 g/mol. The smallest absolute Gasteiger partial charge is 0.137 e. The number of fused-ring (bicyclic) bond motifs is 1. The Bertz CT molecular complexity index is 623. The van der Waals surface area contributed by atoms with Crippen LogP contribution in [0.1, 0.15) is 12.0 Å². The molecule has 3 rings (SSSR count). The van der Waals surface area contributed by atoms with Crippen molar-refractivity contribution in [3.63, 3.8) is 0 Å². The van der Waals surface area contributed by atoms with Gasteiger partial charge in [0.05, 0.1) is 5.54 Å². The van der Waals surface area contributed by atoms with Gasteiger partial charge in [-0.2, -0.15) is 0 Å². The summed E-state index contributed by atoms with van der Waals surface area (Å²) in [6.45, 7) is 0. The molecule has 4 nitrogen and oxygen atoms in total. The lowest BCUT2D eigenvalue weighted by Crippen LogP contribution is -2.35. The highest BCUT2D eigenvalue weighted by atomic mass is 14.8. The van der Waals surface area contributed by atoms with Gasteiger partial charge >= 0.3 is 0 Å². The Morgan fingerprint density at radius 3 is 3.00 bits per heavy atom. The summed E-state index contributed by atoms with van der Waals surface area (Å²) >= 11 is 0. The van der Waals surface area contributed by atoms with Crippen molar-refractivity contribution in [1.82, 2.24) is 9.97 Å². The van der Waals surface area contributed by atoms with Gasteiger partial charge in [-0.05, 0) is 30.2 Å². The summed E-state index contributed by atoms with van der Waals surface area (Å²) in [6.07, 6.45) is 10.1. The molecule has 2 aromatic rings. The highest BCUT2D eigenvalue weighted by molar-refractivity contribution is 5.81. The topological polar surface area (TPSA) is 80.7 Å². The quantitative estimate of drug-likeness (QED) is 0.689. The molecule has 0 bridgehead atoms. The number of hydrogen-bond donors (Lipinski definition) is 3. The van der Waals surface area contributed by atoms with Crippen molar-refractivity contribution in [3.8, 4) is 0 Å². The number of H-pyrrole nitrogens is 1. The molecule has 2 heterocycles. The lowest BCUT2D eigenvalue weighted by atomic mass is 9.83. The number of hydrogen-bond acceptors (Lipinski definition) is 3.